The van der Waals surface area contributed by atoms with Crippen molar-refractivity contribution in [2.75, 3.05) is 0 Å². The molecule has 24 heavy (non-hydrogen) atoms. The first kappa shape index (κ1) is 14.1. The van der Waals surface area contributed by atoms with E-state index in [-0.39, 0.29) is 5.56 Å². The number of hydrogen-bond acceptors (Lipinski definition) is 3. The molecule has 4 rings (SSSR count). The number of amides is 1. The number of H-pyrrole nitrogens is 1. The highest BCUT2D eigenvalue weighted by atomic mass is 19.1. The van der Waals surface area contributed by atoms with Crippen LogP contribution in [-0.2, 0) is 0 Å². The minimum absolute atomic E-state index is 0.290. The van der Waals surface area contributed by atoms with Gasteiger partial charge in [0.2, 0.25) is 5.91 Å². The molecule has 1 amide bonds. The number of carbonyl (C=O) groups excluding carboxylic acids is 1. The van der Waals surface area contributed by atoms with E-state index in [9.17, 15) is 14.0 Å². The highest BCUT2D eigenvalue weighted by molar-refractivity contribution is 5.94. The van der Waals surface area contributed by atoms with Crippen molar-refractivity contribution in [3.05, 3.63) is 70.4 Å². The summed E-state index contributed by atoms with van der Waals surface area (Å²) in [6, 6.07) is 10.8. The van der Waals surface area contributed by atoms with Crippen molar-refractivity contribution in [2.24, 2.45) is 5.73 Å². The van der Waals surface area contributed by atoms with E-state index in [1.54, 1.807) is 24.3 Å². The van der Waals surface area contributed by atoms with E-state index < -0.39 is 11.7 Å². The number of nitrogens with zero attached hydrogens (tertiary/aromatic N) is 2. The lowest BCUT2D eigenvalue weighted by Gasteiger charge is -2.03. The summed E-state index contributed by atoms with van der Waals surface area (Å²) in [6.45, 7) is 0. The molecule has 0 unspecified atom stereocenters. The number of hydrogen-bond donors (Lipinski definition) is 2. The molecule has 0 saturated carbocycles. The average molecular weight is 322 g/mol. The Bertz CT molecular complexity index is 1110. The molecule has 3 N–H and O–H groups in total. The molecular formula is C17H11FN4O2. The second-order valence-corrected chi connectivity index (χ2v) is 5.34. The molecule has 2 aliphatic heterocycles. The number of aromatic amines is 1. The quantitative estimate of drug-likeness (QED) is 0.591. The van der Waals surface area contributed by atoms with Crippen LogP contribution in [0.3, 0.4) is 0 Å². The number of rotatable bonds is 2. The van der Waals surface area contributed by atoms with Crippen molar-refractivity contribution in [3.63, 3.8) is 0 Å². The van der Waals surface area contributed by atoms with Crippen molar-refractivity contribution >= 4 is 16.8 Å². The van der Waals surface area contributed by atoms with Crippen LogP contribution in [0.5, 0.6) is 0 Å². The minimum Gasteiger partial charge on any atom is -0.366 e. The second-order valence-electron chi connectivity index (χ2n) is 5.34. The van der Waals surface area contributed by atoms with Gasteiger partial charge in [0.25, 0.3) is 5.56 Å². The van der Waals surface area contributed by atoms with Crippen LogP contribution in [0.4, 0.5) is 4.39 Å². The number of fused-ring (bicyclic) bond motifs is 3. The summed E-state index contributed by atoms with van der Waals surface area (Å²) in [7, 11) is 0. The lowest BCUT2D eigenvalue weighted by atomic mass is 10.1. The van der Waals surface area contributed by atoms with Gasteiger partial charge in [-0.25, -0.2) is 4.39 Å². The maximum atomic E-state index is 13.9. The Hall–Kier alpha value is -3.48. The molecule has 0 atom stereocenters. The fourth-order valence-corrected chi connectivity index (χ4v) is 2.70. The zero-order valence-corrected chi connectivity index (χ0v) is 12.3. The lowest BCUT2D eigenvalue weighted by molar-refractivity contribution is 0.100. The molecule has 0 saturated heterocycles. The minimum atomic E-state index is -0.550. The van der Waals surface area contributed by atoms with Gasteiger partial charge >= 0.3 is 0 Å². The number of nitrogens with two attached hydrogens (primary N) is 1. The molecule has 2 aromatic carbocycles. The first-order valence-corrected chi connectivity index (χ1v) is 7.15. The summed E-state index contributed by atoms with van der Waals surface area (Å²) < 4.78 is 15.1. The smallest absolute Gasteiger partial charge is 0.282 e. The number of para-hydroxylation sites is 1. The van der Waals surface area contributed by atoms with Crippen molar-refractivity contribution < 1.29 is 9.18 Å². The number of primary amides is 1. The maximum Gasteiger partial charge on any atom is 0.282 e. The molecule has 0 aromatic heterocycles. The summed E-state index contributed by atoms with van der Waals surface area (Å²) in [4.78, 5) is 26.5. The fraction of sp³-hybridized carbons (Fsp3) is 0. The maximum absolute atomic E-state index is 13.9. The third-order valence-electron chi connectivity index (χ3n) is 3.90. The normalized spacial score (nSPS) is 11.2. The summed E-state index contributed by atoms with van der Waals surface area (Å²) in [5, 5.41) is 4.85. The standard InChI is InChI=1S/C17H11FN4O2/c18-13-3-1-2-11-14-12(8-20-15(11)13)17(24)22(21-14)10-6-4-9(5-7-10)16(19)23/h1-8,20H,(H2,19,23). The summed E-state index contributed by atoms with van der Waals surface area (Å²) in [6.07, 6.45) is 1.45. The molecule has 118 valence electrons. The number of halogens is 1. The third-order valence-corrected chi connectivity index (χ3v) is 3.90. The van der Waals surface area contributed by atoms with Crippen LogP contribution in [0.25, 0.3) is 27.8 Å². The Morgan fingerprint density at radius 3 is 2.62 bits per heavy atom. The van der Waals surface area contributed by atoms with E-state index in [0.29, 0.717) is 33.4 Å². The van der Waals surface area contributed by atoms with Crippen molar-refractivity contribution in [1.29, 1.82) is 0 Å². The molecule has 2 heterocycles. The van der Waals surface area contributed by atoms with Crippen LogP contribution in [-0.4, -0.2) is 20.7 Å². The van der Waals surface area contributed by atoms with Gasteiger partial charge in [0.15, 0.2) is 0 Å². The first-order chi connectivity index (χ1) is 11.6. The van der Waals surface area contributed by atoms with Crippen LogP contribution in [0.15, 0.2) is 53.5 Å². The number of carbonyl (C=O) groups is 1. The van der Waals surface area contributed by atoms with E-state index >= 15 is 0 Å². The zero-order valence-electron chi connectivity index (χ0n) is 12.3. The highest BCUT2D eigenvalue weighted by Crippen LogP contribution is 2.27. The van der Waals surface area contributed by atoms with Crippen molar-refractivity contribution in [3.8, 4) is 16.9 Å². The average Bonchev–Trinajstić information content (AvgIpc) is 2.93. The van der Waals surface area contributed by atoms with Gasteiger partial charge in [0.05, 0.1) is 16.8 Å². The fourth-order valence-electron chi connectivity index (χ4n) is 2.70. The van der Waals surface area contributed by atoms with Gasteiger partial charge in [-0.2, -0.15) is 9.78 Å². The molecule has 2 aromatic rings. The zero-order chi connectivity index (χ0) is 16.8. The Balaban J connectivity index is 1.97. The summed E-state index contributed by atoms with van der Waals surface area (Å²) in [5.74, 6) is -0.965. The first-order valence-electron chi connectivity index (χ1n) is 7.15. The van der Waals surface area contributed by atoms with Crippen molar-refractivity contribution in [2.45, 2.75) is 0 Å². The number of benzene rings is 2. The molecule has 0 radical (unpaired) electrons. The summed E-state index contributed by atoms with van der Waals surface area (Å²) >= 11 is 0. The Kier molecular flexibility index (Phi) is 2.96. The van der Waals surface area contributed by atoms with Gasteiger partial charge in [-0.1, -0.05) is 12.1 Å². The Labute approximate surface area is 134 Å². The molecule has 2 aliphatic rings. The summed E-state index contributed by atoms with van der Waals surface area (Å²) in [5.41, 5.74) is 6.76. The van der Waals surface area contributed by atoms with Crippen LogP contribution in [0, 0.1) is 5.82 Å². The number of nitrogens with one attached hydrogen (secondary N) is 1. The highest BCUT2D eigenvalue weighted by Gasteiger charge is 2.20. The van der Waals surface area contributed by atoms with E-state index in [0.717, 1.165) is 0 Å². The van der Waals surface area contributed by atoms with Crippen LogP contribution >= 0.6 is 0 Å². The topological polar surface area (TPSA) is 93.8 Å². The van der Waals surface area contributed by atoms with Gasteiger partial charge in [-0.3, -0.25) is 9.59 Å². The van der Waals surface area contributed by atoms with Crippen LogP contribution < -0.4 is 11.3 Å². The third kappa shape index (κ3) is 1.98. The number of aromatic nitrogens is 3. The molecule has 0 spiro atoms. The molecule has 0 fully saturated rings. The molecule has 7 heteroatoms. The largest absolute Gasteiger partial charge is 0.366 e. The van der Waals surface area contributed by atoms with Gasteiger partial charge in [-0.15, -0.1) is 0 Å². The van der Waals surface area contributed by atoms with Crippen molar-refractivity contribution in [1.82, 2.24) is 14.8 Å². The Morgan fingerprint density at radius 1 is 1.17 bits per heavy atom. The predicted molar refractivity (Wildman–Crippen MR) is 86.8 cm³/mol. The molecule has 0 bridgehead atoms. The van der Waals surface area contributed by atoms with Crippen LogP contribution in [0.2, 0.25) is 0 Å². The SMILES string of the molecule is NC(=O)c1ccc(-n2nc3c4cccc(F)c4[nH]cc-3c2=O)cc1. The van der Waals surface area contributed by atoms with E-state index in [1.807, 2.05) is 0 Å². The second kappa shape index (κ2) is 5.02. The predicted octanol–water partition coefficient (Wildman–Crippen LogP) is 2.06. The van der Waals surface area contributed by atoms with Gasteiger partial charge in [0, 0.05) is 17.1 Å². The Morgan fingerprint density at radius 2 is 1.92 bits per heavy atom. The number of pyridine rings is 1. The van der Waals surface area contributed by atoms with E-state index in [1.165, 1.54) is 29.1 Å². The van der Waals surface area contributed by atoms with Gasteiger partial charge in [-0.05, 0) is 30.3 Å². The molecular weight excluding hydrogens is 311 g/mol. The van der Waals surface area contributed by atoms with Gasteiger partial charge in [0.1, 0.15) is 11.5 Å². The monoisotopic (exact) mass is 322 g/mol. The lowest BCUT2D eigenvalue weighted by Crippen LogP contribution is -2.15. The van der Waals surface area contributed by atoms with E-state index in [2.05, 4.69) is 10.1 Å². The van der Waals surface area contributed by atoms with E-state index in [4.69, 9.17) is 5.73 Å². The molecule has 0 aliphatic carbocycles. The van der Waals surface area contributed by atoms with Crippen LogP contribution in [0.1, 0.15) is 10.4 Å². The van der Waals surface area contributed by atoms with Gasteiger partial charge < -0.3 is 10.7 Å². The molecule has 6 nitrogen and oxygen atoms in total.